The quantitative estimate of drug-likeness (QED) is 0.883. The van der Waals surface area contributed by atoms with Gasteiger partial charge in [-0.15, -0.1) is 0 Å². The maximum absolute atomic E-state index is 5.62. The number of hydrogen-bond donors (Lipinski definition) is 1. The van der Waals surface area contributed by atoms with Gasteiger partial charge in [-0.2, -0.15) is 0 Å². The van der Waals surface area contributed by atoms with Gasteiger partial charge in [0.25, 0.3) is 0 Å². The second kappa shape index (κ2) is 6.58. The number of piperidine rings is 1. The SMILES string of the molecule is CC1CCN(Cc2ccoc2CNC(C)C)C(C)C1. The first-order chi connectivity index (χ1) is 9.06. The van der Waals surface area contributed by atoms with E-state index in [2.05, 4.69) is 44.0 Å². The van der Waals surface area contributed by atoms with Gasteiger partial charge in [-0.1, -0.05) is 20.8 Å². The summed E-state index contributed by atoms with van der Waals surface area (Å²) in [6.45, 7) is 12.1. The standard InChI is InChI=1S/C16H28N2O/c1-12(2)17-10-16-15(6-8-19-16)11-18-7-5-13(3)9-14(18)4/h6,8,12-14,17H,5,7,9-11H2,1-4H3. The first-order valence-corrected chi connectivity index (χ1v) is 7.59. The third-order valence-electron chi connectivity index (χ3n) is 4.16. The Bertz CT molecular complexity index is 386. The smallest absolute Gasteiger partial charge is 0.122 e. The minimum atomic E-state index is 0.493. The number of likely N-dealkylation sites (tertiary alicyclic amines) is 1. The third-order valence-corrected chi connectivity index (χ3v) is 4.16. The molecule has 1 aromatic heterocycles. The van der Waals surface area contributed by atoms with Gasteiger partial charge >= 0.3 is 0 Å². The predicted octanol–water partition coefficient (Wildman–Crippen LogP) is 3.40. The molecule has 0 aromatic carbocycles. The van der Waals surface area contributed by atoms with E-state index in [9.17, 15) is 0 Å². The molecule has 1 aliphatic rings. The normalized spacial score (nSPS) is 25.1. The predicted molar refractivity (Wildman–Crippen MR) is 79.0 cm³/mol. The Morgan fingerprint density at radius 2 is 2.21 bits per heavy atom. The Morgan fingerprint density at radius 1 is 1.42 bits per heavy atom. The summed E-state index contributed by atoms with van der Waals surface area (Å²) in [5, 5.41) is 3.43. The van der Waals surface area contributed by atoms with Gasteiger partial charge in [0.1, 0.15) is 5.76 Å². The van der Waals surface area contributed by atoms with Gasteiger partial charge in [0, 0.05) is 24.2 Å². The molecule has 0 aliphatic carbocycles. The summed E-state index contributed by atoms with van der Waals surface area (Å²) in [5.41, 5.74) is 1.34. The fourth-order valence-electron chi connectivity index (χ4n) is 2.87. The summed E-state index contributed by atoms with van der Waals surface area (Å²) in [5.74, 6) is 1.97. The zero-order valence-electron chi connectivity index (χ0n) is 12.8. The van der Waals surface area contributed by atoms with Crippen LogP contribution in [0.2, 0.25) is 0 Å². The average molecular weight is 264 g/mol. The molecule has 19 heavy (non-hydrogen) atoms. The summed E-state index contributed by atoms with van der Waals surface area (Å²) >= 11 is 0. The van der Waals surface area contributed by atoms with Crippen LogP contribution in [0.25, 0.3) is 0 Å². The van der Waals surface area contributed by atoms with Gasteiger partial charge in [-0.25, -0.2) is 0 Å². The molecule has 2 unspecified atom stereocenters. The number of furan rings is 1. The summed E-state index contributed by atoms with van der Waals surface area (Å²) < 4.78 is 5.62. The summed E-state index contributed by atoms with van der Waals surface area (Å²) in [6.07, 6.45) is 4.46. The highest BCUT2D eigenvalue weighted by Gasteiger charge is 2.23. The number of nitrogens with one attached hydrogen (secondary N) is 1. The van der Waals surface area contributed by atoms with Crippen LogP contribution in [0.15, 0.2) is 16.7 Å². The third kappa shape index (κ3) is 4.08. The van der Waals surface area contributed by atoms with Crippen LogP contribution < -0.4 is 5.32 Å². The van der Waals surface area contributed by atoms with Crippen molar-refractivity contribution in [2.45, 2.75) is 65.7 Å². The van der Waals surface area contributed by atoms with E-state index in [0.717, 1.165) is 24.8 Å². The Kier molecular flexibility index (Phi) is 5.06. The van der Waals surface area contributed by atoms with Crippen molar-refractivity contribution >= 4 is 0 Å². The highest BCUT2D eigenvalue weighted by Crippen LogP contribution is 2.25. The fraction of sp³-hybridized carbons (Fsp3) is 0.750. The highest BCUT2D eigenvalue weighted by atomic mass is 16.3. The van der Waals surface area contributed by atoms with Crippen LogP contribution in [0.3, 0.4) is 0 Å². The van der Waals surface area contributed by atoms with Crippen LogP contribution in [-0.4, -0.2) is 23.5 Å². The monoisotopic (exact) mass is 264 g/mol. The Labute approximate surface area is 117 Å². The van der Waals surface area contributed by atoms with Gasteiger partial charge < -0.3 is 9.73 Å². The van der Waals surface area contributed by atoms with Gasteiger partial charge in [0.15, 0.2) is 0 Å². The van der Waals surface area contributed by atoms with Crippen LogP contribution >= 0.6 is 0 Å². The molecule has 108 valence electrons. The van der Waals surface area contributed by atoms with E-state index in [1.54, 1.807) is 0 Å². The number of rotatable bonds is 5. The molecule has 1 aromatic rings. The average Bonchev–Trinajstić information content (AvgIpc) is 2.77. The highest BCUT2D eigenvalue weighted by molar-refractivity contribution is 5.17. The zero-order chi connectivity index (χ0) is 13.8. The number of nitrogens with zero attached hydrogens (tertiary/aromatic N) is 1. The molecule has 0 radical (unpaired) electrons. The molecule has 3 nitrogen and oxygen atoms in total. The van der Waals surface area contributed by atoms with E-state index >= 15 is 0 Å². The molecule has 0 saturated carbocycles. The molecule has 3 heteroatoms. The van der Waals surface area contributed by atoms with E-state index in [4.69, 9.17) is 4.42 Å². The molecule has 2 heterocycles. The summed E-state index contributed by atoms with van der Waals surface area (Å²) in [7, 11) is 0. The molecule has 2 rings (SSSR count). The fourth-order valence-corrected chi connectivity index (χ4v) is 2.87. The molecular weight excluding hydrogens is 236 g/mol. The van der Waals surface area contributed by atoms with Gasteiger partial charge in [-0.05, 0) is 38.3 Å². The van der Waals surface area contributed by atoms with Crippen molar-refractivity contribution in [1.29, 1.82) is 0 Å². The number of hydrogen-bond acceptors (Lipinski definition) is 3. The molecule has 1 N–H and O–H groups in total. The minimum Gasteiger partial charge on any atom is -0.468 e. The van der Waals surface area contributed by atoms with E-state index in [1.807, 2.05) is 6.26 Å². The van der Waals surface area contributed by atoms with Crippen LogP contribution in [0.5, 0.6) is 0 Å². The minimum absolute atomic E-state index is 0.493. The van der Waals surface area contributed by atoms with Crippen LogP contribution in [0.4, 0.5) is 0 Å². The van der Waals surface area contributed by atoms with E-state index in [0.29, 0.717) is 12.1 Å². The van der Waals surface area contributed by atoms with Crippen molar-refractivity contribution in [1.82, 2.24) is 10.2 Å². The molecule has 2 atom stereocenters. The van der Waals surface area contributed by atoms with E-state index < -0.39 is 0 Å². The lowest BCUT2D eigenvalue weighted by atomic mass is 9.93. The second-order valence-corrected chi connectivity index (χ2v) is 6.35. The Hall–Kier alpha value is -0.800. The molecule has 1 saturated heterocycles. The van der Waals surface area contributed by atoms with Gasteiger partial charge in [0.2, 0.25) is 0 Å². The lowest BCUT2D eigenvalue weighted by Gasteiger charge is -2.36. The second-order valence-electron chi connectivity index (χ2n) is 6.35. The molecule has 0 bridgehead atoms. The van der Waals surface area contributed by atoms with Crippen molar-refractivity contribution in [2.75, 3.05) is 6.54 Å². The van der Waals surface area contributed by atoms with Crippen molar-refractivity contribution in [3.8, 4) is 0 Å². The topological polar surface area (TPSA) is 28.4 Å². The molecule has 1 fully saturated rings. The molecule has 1 aliphatic heterocycles. The lowest BCUT2D eigenvalue weighted by Crippen LogP contribution is -2.39. The lowest BCUT2D eigenvalue weighted by molar-refractivity contribution is 0.121. The van der Waals surface area contributed by atoms with E-state index in [1.165, 1.54) is 24.9 Å². The van der Waals surface area contributed by atoms with Crippen molar-refractivity contribution in [3.63, 3.8) is 0 Å². The maximum atomic E-state index is 5.62. The van der Waals surface area contributed by atoms with Gasteiger partial charge in [-0.3, -0.25) is 4.90 Å². The molecule has 0 spiro atoms. The maximum Gasteiger partial charge on any atom is 0.122 e. The van der Waals surface area contributed by atoms with Crippen molar-refractivity contribution in [2.24, 2.45) is 5.92 Å². The summed E-state index contributed by atoms with van der Waals surface area (Å²) in [4.78, 5) is 2.59. The zero-order valence-corrected chi connectivity index (χ0v) is 12.8. The van der Waals surface area contributed by atoms with Crippen LogP contribution in [0.1, 0.15) is 51.9 Å². The Balaban J connectivity index is 1.93. The van der Waals surface area contributed by atoms with Crippen LogP contribution in [-0.2, 0) is 13.1 Å². The first-order valence-electron chi connectivity index (χ1n) is 7.59. The van der Waals surface area contributed by atoms with E-state index in [-0.39, 0.29) is 0 Å². The first kappa shape index (κ1) is 14.6. The Morgan fingerprint density at radius 3 is 2.89 bits per heavy atom. The van der Waals surface area contributed by atoms with Crippen molar-refractivity contribution < 1.29 is 4.42 Å². The molecular formula is C16H28N2O. The van der Waals surface area contributed by atoms with Crippen LogP contribution in [0, 0.1) is 5.92 Å². The van der Waals surface area contributed by atoms with Gasteiger partial charge in [0.05, 0.1) is 12.8 Å². The largest absolute Gasteiger partial charge is 0.468 e. The molecule has 0 amide bonds. The van der Waals surface area contributed by atoms with Crippen molar-refractivity contribution in [3.05, 3.63) is 23.7 Å². The summed E-state index contributed by atoms with van der Waals surface area (Å²) in [6, 6.07) is 3.31.